The lowest BCUT2D eigenvalue weighted by Gasteiger charge is -2.41. The van der Waals surface area contributed by atoms with Crippen molar-refractivity contribution in [3.8, 4) is 0 Å². The van der Waals surface area contributed by atoms with Crippen molar-refractivity contribution in [1.29, 1.82) is 0 Å². The van der Waals surface area contributed by atoms with Gasteiger partial charge in [-0.15, -0.1) is 0 Å². The van der Waals surface area contributed by atoms with Crippen LogP contribution >= 0.6 is 0 Å². The van der Waals surface area contributed by atoms with E-state index in [0.29, 0.717) is 6.04 Å². The van der Waals surface area contributed by atoms with Crippen molar-refractivity contribution in [1.82, 2.24) is 9.80 Å². The first-order valence-electron chi connectivity index (χ1n) is 4.47. The van der Waals surface area contributed by atoms with Crippen molar-refractivity contribution in [3.63, 3.8) is 0 Å². The first kappa shape index (κ1) is 9.52. The zero-order valence-corrected chi connectivity index (χ0v) is 8.37. The Morgan fingerprint density at radius 2 is 1.92 bits per heavy atom. The number of rotatable bonds is 2. The van der Waals surface area contributed by atoms with Crippen LogP contribution in [0.5, 0.6) is 0 Å². The molecule has 1 rings (SSSR count). The van der Waals surface area contributed by atoms with Gasteiger partial charge in [-0.05, 0) is 13.8 Å². The molecular weight excluding hydrogens is 152 g/mol. The molecular formula is C9H18N2O. The third kappa shape index (κ3) is 1.78. The van der Waals surface area contributed by atoms with Gasteiger partial charge in [0, 0.05) is 33.2 Å². The molecule has 1 heterocycles. The zero-order chi connectivity index (χ0) is 9.30. The second-order valence-electron chi connectivity index (χ2n) is 3.98. The van der Waals surface area contributed by atoms with Crippen LogP contribution in [0.15, 0.2) is 0 Å². The molecule has 0 aliphatic carbocycles. The van der Waals surface area contributed by atoms with Crippen molar-refractivity contribution in [2.24, 2.45) is 5.92 Å². The summed E-state index contributed by atoms with van der Waals surface area (Å²) in [6.45, 7) is 6.20. The second kappa shape index (κ2) is 3.44. The normalized spacial score (nSPS) is 19.4. The Bertz CT molecular complexity index is 171. The van der Waals surface area contributed by atoms with Crippen LogP contribution in [0.25, 0.3) is 0 Å². The molecule has 0 saturated carbocycles. The average molecular weight is 170 g/mol. The minimum atomic E-state index is 0.252. The summed E-state index contributed by atoms with van der Waals surface area (Å²) in [5.41, 5.74) is 0. The molecule has 0 N–H and O–H groups in total. The first-order valence-corrected chi connectivity index (χ1v) is 4.47. The Balaban J connectivity index is 2.30. The van der Waals surface area contributed by atoms with Crippen LogP contribution in [-0.4, -0.2) is 48.9 Å². The van der Waals surface area contributed by atoms with Crippen molar-refractivity contribution in [2.45, 2.75) is 19.9 Å². The van der Waals surface area contributed by atoms with E-state index in [1.54, 1.807) is 4.90 Å². The Labute approximate surface area is 74.3 Å². The fourth-order valence-corrected chi connectivity index (χ4v) is 1.46. The minimum absolute atomic E-state index is 0.252. The number of hydrogen-bond donors (Lipinski definition) is 0. The minimum Gasteiger partial charge on any atom is -0.348 e. The molecule has 0 atom stereocenters. The molecule has 0 bridgehead atoms. The van der Waals surface area contributed by atoms with E-state index < -0.39 is 0 Å². The largest absolute Gasteiger partial charge is 0.348 e. The smallest absolute Gasteiger partial charge is 0.227 e. The summed E-state index contributed by atoms with van der Waals surface area (Å²) < 4.78 is 0. The number of likely N-dealkylation sites (tertiary alicyclic amines) is 1. The van der Waals surface area contributed by atoms with E-state index >= 15 is 0 Å². The summed E-state index contributed by atoms with van der Waals surface area (Å²) >= 11 is 0. The number of nitrogens with zero attached hydrogens (tertiary/aromatic N) is 2. The van der Waals surface area contributed by atoms with Crippen LogP contribution in [0.1, 0.15) is 13.8 Å². The van der Waals surface area contributed by atoms with Gasteiger partial charge in [-0.2, -0.15) is 0 Å². The maximum atomic E-state index is 11.4. The predicted octanol–water partition coefficient (Wildman–Crippen LogP) is 0.415. The van der Waals surface area contributed by atoms with Crippen molar-refractivity contribution in [2.75, 3.05) is 27.2 Å². The number of carbonyl (C=O) groups excluding carboxylic acids is 1. The monoisotopic (exact) mass is 170 g/mol. The lowest BCUT2D eigenvalue weighted by atomic mass is 9.97. The molecule has 1 aliphatic rings. The lowest BCUT2D eigenvalue weighted by molar-refractivity contribution is -0.139. The van der Waals surface area contributed by atoms with Gasteiger partial charge in [0.15, 0.2) is 0 Å². The van der Waals surface area contributed by atoms with Crippen molar-refractivity contribution >= 4 is 5.91 Å². The van der Waals surface area contributed by atoms with E-state index in [2.05, 4.69) is 18.7 Å². The molecule has 0 spiro atoms. The van der Waals surface area contributed by atoms with Crippen LogP contribution in [0.3, 0.4) is 0 Å². The quantitative estimate of drug-likeness (QED) is 0.599. The van der Waals surface area contributed by atoms with E-state index in [1.807, 2.05) is 14.1 Å². The van der Waals surface area contributed by atoms with Crippen LogP contribution < -0.4 is 0 Å². The fourth-order valence-electron chi connectivity index (χ4n) is 1.46. The third-order valence-electron chi connectivity index (χ3n) is 2.43. The summed E-state index contributed by atoms with van der Waals surface area (Å²) in [5.74, 6) is 0.523. The number of amides is 1. The maximum Gasteiger partial charge on any atom is 0.227 e. The van der Waals surface area contributed by atoms with Gasteiger partial charge >= 0.3 is 0 Å². The van der Waals surface area contributed by atoms with Gasteiger partial charge in [0.05, 0.1) is 5.92 Å². The number of hydrogen-bond acceptors (Lipinski definition) is 2. The van der Waals surface area contributed by atoms with Crippen molar-refractivity contribution < 1.29 is 4.79 Å². The summed E-state index contributed by atoms with van der Waals surface area (Å²) in [7, 11) is 3.64. The first-order chi connectivity index (χ1) is 5.52. The van der Waals surface area contributed by atoms with Crippen molar-refractivity contribution in [3.05, 3.63) is 0 Å². The SMILES string of the molecule is CC(C)N1CC(C(=O)N(C)C)C1. The maximum absolute atomic E-state index is 11.4. The molecule has 1 aliphatic heterocycles. The third-order valence-corrected chi connectivity index (χ3v) is 2.43. The van der Waals surface area contributed by atoms with Gasteiger partial charge in [0.2, 0.25) is 5.91 Å². The molecule has 3 heteroatoms. The van der Waals surface area contributed by atoms with Gasteiger partial charge in [-0.3, -0.25) is 9.69 Å². The molecule has 1 amide bonds. The Kier molecular flexibility index (Phi) is 2.73. The molecule has 70 valence electrons. The van der Waals surface area contributed by atoms with Crippen LogP contribution in [0, 0.1) is 5.92 Å². The number of carbonyl (C=O) groups is 1. The molecule has 1 saturated heterocycles. The highest BCUT2D eigenvalue weighted by Gasteiger charge is 2.34. The molecule has 0 aromatic carbocycles. The van der Waals surface area contributed by atoms with Gasteiger partial charge in [0.25, 0.3) is 0 Å². The summed E-state index contributed by atoms with van der Waals surface area (Å²) in [6, 6.07) is 0.580. The standard InChI is InChI=1S/C9H18N2O/c1-7(2)11-5-8(6-11)9(12)10(3)4/h7-8H,5-6H2,1-4H3. The van der Waals surface area contributed by atoms with Gasteiger partial charge in [0.1, 0.15) is 0 Å². The Morgan fingerprint density at radius 1 is 1.42 bits per heavy atom. The second-order valence-corrected chi connectivity index (χ2v) is 3.98. The molecule has 0 unspecified atom stereocenters. The highest BCUT2D eigenvalue weighted by molar-refractivity contribution is 5.79. The molecule has 12 heavy (non-hydrogen) atoms. The molecule has 0 aromatic rings. The highest BCUT2D eigenvalue weighted by atomic mass is 16.2. The zero-order valence-electron chi connectivity index (χ0n) is 8.37. The molecule has 1 fully saturated rings. The van der Waals surface area contributed by atoms with Gasteiger partial charge < -0.3 is 4.90 Å². The Morgan fingerprint density at radius 3 is 2.25 bits per heavy atom. The Hall–Kier alpha value is -0.570. The molecule has 0 aromatic heterocycles. The van der Waals surface area contributed by atoms with Gasteiger partial charge in [-0.1, -0.05) is 0 Å². The van der Waals surface area contributed by atoms with E-state index in [9.17, 15) is 4.79 Å². The van der Waals surface area contributed by atoms with Crippen LogP contribution in [-0.2, 0) is 4.79 Å². The lowest BCUT2D eigenvalue weighted by Crippen LogP contribution is -2.55. The van der Waals surface area contributed by atoms with E-state index in [1.165, 1.54) is 0 Å². The summed E-state index contributed by atoms with van der Waals surface area (Å²) in [4.78, 5) is 15.4. The average Bonchev–Trinajstić information content (AvgIpc) is 1.82. The summed E-state index contributed by atoms with van der Waals surface area (Å²) in [5, 5.41) is 0. The topological polar surface area (TPSA) is 23.6 Å². The van der Waals surface area contributed by atoms with E-state index in [0.717, 1.165) is 13.1 Å². The van der Waals surface area contributed by atoms with Crippen LogP contribution in [0.2, 0.25) is 0 Å². The molecule has 0 radical (unpaired) electrons. The van der Waals surface area contributed by atoms with Gasteiger partial charge in [-0.25, -0.2) is 0 Å². The summed E-state index contributed by atoms with van der Waals surface area (Å²) in [6.07, 6.45) is 0. The predicted molar refractivity (Wildman–Crippen MR) is 48.9 cm³/mol. The fraction of sp³-hybridized carbons (Fsp3) is 0.889. The highest BCUT2D eigenvalue weighted by Crippen LogP contribution is 2.19. The molecule has 3 nitrogen and oxygen atoms in total. The van der Waals surface area contributed by atoms with E-state index in [4.69, 9.17) is 0 Å². The van der Waals surface area contributed by atoms with E-state index in [-0.39, 0.29) is 11.8 Å². The van der Waals surface area contributed by atoms with Crippen LogP contribution in [0.4, 0.5) is 0 Å².